The SMILES string of the molecule is O=C(CC1NC(=O)N(Cc2ccc3c(c2)OCO3)C1=O)NC1CCCc2c1[nH]c1ccccc21. The summed E-state index contributed by atoms with van der Waals surface area (Å²) in [7, 11) is 0. The second-order valence-corrected chi connectivity index (χ2v) is 8.89. The molecule has 2 aliphatic heterocycles. The number of fused-ring (bicyclic) bond motifs is 4. The van der Waals surface area contributed by atoms with Gasteiger partial charge in [0.15, 0.2) is 11.5 Å². The first-order chi connectivity index (χ1) is 16.6. The molecule has 3 heterocycles. The lowest BCUT2D eigenvalue weighted by atomic mass is 9.91. The van der Waals surface area contributed by atoms with Crippen molar-refractivity contribution in [2.75, 3.05) is 6.79 Å². The highest BCUT2D eigenvalue weighted by Crippen LogP contribution is 2.35. The Bertz CT molecular complexity index is 1320. The number of aromatic nitrogens is 1. The predicted molar refractivity (Wildman–Crippen MR) is 122 cm³/mol. The molecule has 2 unspecified atom stereocenters. The van der Waals surface area contributed by atoms with Gasteiger partial charge in [0.05, 0.1) is 19.0 Å². The molecular formula is C25H24N4O5. The van der Waals surface area contributed by atoms with E-state index in [-0.39, 0.29) is 31.7 Å². The third kappa shape index (κ3) is 3.53. The maximum Gasteiger partial charge on any atom is 0.325 e. The van der Waals surface area contributed by atoms with Crippen LogP contribution < -0.4 is 20.1 Å². The molecule has 0 saturated carbocycles. The van der Waals surface area contributed by atoms with Gasteiger partial charge in [0, 0.05) is 16.6 Å². The van der Waals surface area contributed by atoms with Gasteiger partial charge in [-0.1, -0.05) is 24.3 Å². The molecule has 4 amide bonds. The molecule has 3 N–H and O–H groups in total. The van der Waals surface area contributed by atoms with E-state index < -0.39 is 18.0 Å². The number of imide groups is 1. The molecular weight excluding hydrogens is 436 g/mol. The Morgan fingerprint density at radius 2 is 1.97 bits per heavy atom. The van der Waals surface area contributed by atoms with E-state index >= 15 is 0 Å². The van der Waals surface area contributed by atoms with Crippen molar-refractivity contribution < 1.29 is 23.9 Å². The van der Waals surface area contributed by atoms with Gasteiger partial charge in [-0.25, -0.2) is 4.79 Å². The minimum Gasteiger partial charge on any atom is -0.454 e. The number of amides is 4. The molecule has 2 atom stereocenters. The molecule has 0 spiro atoms. The summed E-state index contributed by atoms with van der Waals surface area (Å²) in [5.41, 5.74) is 4.08. The quantitative estimate of drug-likeness (QED) is 0.507. The molecule has 1 aliphatic carbocycles. The number of rotatable bonds is 5. The number of benzene rings is 2. The largest absolute Gasteiger partial charge is 0.454 e. The molecule has 2 aromatic carbocycles. The fraction of sp³-hybridized carbons (Fsp3) is 0.320. The molecule has 1 fully saturated rings. The van der Waals surface area contributed by atoms with Gasteiger partial charge in [-0.2, -0.15) is 0 Å². The third-order valence-electron chi connectivity index (χ3n) is 6.72. The number of urea groups is 1. The van der Waals surface area contributed by atoms with Crippen molar-refractivity contribution in [3.05, 3.63) is 59.3 Å². The van der Waals surface area contributed by atoms with Gasteiger partial charge in [0.2, 0.25) is 12.7 Å². The van der Waals surface area contributed by atoms with Crippen LogP contribution in [0.25, 0.3) is 10.9 Å². The summed E-state index contributed by atoms with van der Waals surface area (Å²) in [5.74, 6) is 0.550. The smallest absolute Gasteiger partial charge is 0.325 e. The highest BCUT2D eigenvalue weighted by Gasteiger charge is 2.39. The van der Waals surface area contributed by atoms with E-state index in [4.69, 9.17) is 9.47 Å². The molecule has 174 valence electrons. The second-order valence-electron chi connectivity index (χ2n) is 8.89. The molecule has 6 rings (SSSR count). The number of carbonyl (C=O) groups excluding carboxylic acids is 3. The van der Waals surface area contributed by atoms with Crippen LogP contribution in [0.3, 0.4) is 0 Å². The summed E-state index contributed by atoms with van der Waals surface area (Å²) in [6.45, 7) is 0.251. The van der Waals surface area contributed by atoms with E-state index in [0.29, 0.717) is 11.5 Å². The summed E-state index contributed by atoms with van der Waals surface area (Å²) in [5, 5.41) is 6.91. The van der Waals surface area contributed by atoms with E-state index in [9.17, 15) is 14.4 Å². The maximum atomic E-state index is 12.9. The average molecular weight is 460 g/mol. The lowest BCUT2D eigenvalue weighted by molar-refractivity contribution is -0.131. The van der Waals surface area contributed by atoms with Crippen LogP contribution in [0.4, 0.5) is 4.79 Å². The molecule has 9 nitrogen and oxygen atoms in total. The number of nitrogens with zero attached hydrogens (tertiary/aromatic N) is 1. The van der Waals surface area contributed by atoms with Gasteiger partial charge >= 0.3 is 6.03 Å². The normalized spacial score (nSPS) is 21.0. The number of nitrogens with one attached hydrogen (secondary N) is 3. The molecule has 0 radical (unpaired) electrons. The van der Waals surface area contributed by atoms with Crippen LogP contribution in [-0.4, -0.2) is 40.6 Å². The minimum atomic E-state index is -0.882. The van der Waals surface area contributed by atoms with Crippen molar-refractivity contribution in [3.63, 3.8) is 0 Å². The van der Waals surface area contributed by atoms with Crippen LogP contribution in [0.15, 0.2) is 42.5 Å². The lowest BCUT2D eigenvalue weighted by Gasteiger charge is -2.24. The third-order valence-corrected chi connectivity index (χ3v) is 6.72. The van der Waals surface area contributed by atoms with Crippen LogP contribution in [0.1, 0.15) is 42.1 Å². The van der Waals surface area contributed by atoms with Crippen molar-refractivity contribution in [3.8, 4) is 11.5 Å². The van der Waals surface area contributed by atoms with E-state index in [1.807, 2.05) is 18.2 Å². The van der Waals surface area contributed by atoms with Gasteiger partial charge in [-0.3, -0.25) is 14.5 Å². The zero-order valence-corrected chi connectivity index (χ0v) is 18.4. The minimum absolute atomic E-state index is 0.0977. The van der Waals surface area contributed by atoms with E-state index in [2.05, 4.69) is 21.7 Å². The Labute approximate surface area is 195 Å². The number of ether oxygens (including phenoxy) is 2. The molecule has 9 heteroatoms. The first kappa shape index (κ1) is 20.6. The fourth-order valence-electron chi connectivity index (χ4n) is 5.08. The molecule has 34 heavy (non-hydrogen) atoms. The summed E-state index contributed by atoms with van der Waals surface area (Å²) in [6, 6.07) is 11.9. The number of aryl methyl sites for hydroxylation is 1. The number of hydrogen-bond donors (Lipinski definition) is 3. The van der Waals surface area contributed by atoms with Crippen molar-refractivity contribution in [2.45, 2.75) is 44.3 Å². The average Bonchev–Trinajstić information content (AvgIpc) is 3.52. The number of hydrogen-bond acceptors (Lipinski definition) is 5. The van der Waals surface area contributed by atoms with Gasteiger partial charge in [-0.05, 0) is 48.6 Å². The monoisotopic (exact) mass is 460 g/mol. The van der Waals surface area contributed by atoms with Crippen LogP contribution in [0.5, 0.6) is 11.5 Å². The van der Waals surface area contributed by atoms with Crippen molar-refractivity contribution in [1.82, 2.24) is 20.5 Å². The Kier molecular flexibility index (Phi) is 4.90. The Morgan fingerprint density at radius 1 is 1.12 bits per heavy atom. The van der Waals surface area contributed by atoms with E-state index in [1.54, 1.807) is 18.2 Å². The maximum absolute atomic E-state index is 12.9. The van der Waals surface area contributed by atoms with E-state index in [1.165, 1.54) is 10.9 Å². The number of para-hydroxylation sites is 1. The first-order valence-corrected chi connectivity index (χ1v) is 11.5. The number of aromatic amines is 1. The standard InChI is InChI=1S/C25H24N4O5/c30-22(26-18-7-3-5-16-15-4-1-2-6-17(15)27-23(16)18)11-19-24(31)29(25(32)28-19)12-14-8-9-20-21(10-14)34-13-33-20/h1-2,4,6,8-10,18-19,27H,3,5,7,11-13H2,(H,26,30)(H,28,32). The molecule has 1 aromatic heterocycles. The van der Waals surface area contributed by atoms with Crippen molar-refractivity contribution >= 4 is 28.7 Å². The summed E-state index contributed by atoms with van der Waals surface area (Å²) < 4.78 is 10.7. The Balaban J connectivity index is 1.12. The topological polar surface area (TPSA) is 113 Å². The summed E-state index contributed by atoms with van der Waals surface area (Å²) in [6.07, 6.45) is 2.67. The second kappa shape index (κ2) is 8.09. The number of carbonyl (C=O) groups is 3. The lowest BCUT2D eigenvalue weighted by Crippen LogP contribution is -2.38. The highest BCUT2D eigenvalue weighted by molar-refractivity contribution is 6.05. The fourth-order valence-corrected chi connectivity index (χ4v) is 5.08. The van der Waals surface area contributed by atoms with Gasteiger partial charge in [0.1, 0.15) is 6.04 Å². The van der Waals surface area contributed by atoms with Gasteiger partial charge in [-0.15, -0.1) is 0 Å². The van der Waals surface area contributed by atoms with Gasteiger partial charge < -0.3 is 25.1 Å². The predicted octanol–water partition coefficient (Wildman–Crippen LogP) is 2.90. The Hall–Kier alpha value is -4.01. The molecule has 0 bridgehead atoms. The summed E-state index contributed by atoms with van der Waals surface area (Å²) in [4.78, 5) is 42.8. The summed E-state index contributed by atoms with van der Waals surface area (Å²) >= 11 is 0. The van der Waals surface area contributed by atoms with Crippen molar-refractivity contribution in [2.24, 2.45) is 0 Å². The zero-order valence-electron chi connectivity index (χ0n) is 18.4. The first-order valence-electron chi connectivity index (χ1n) is 11.5. The van der Waals surface area contributed by atoms with E-state index in [0.717, 1.165) is 40.9 Å². The van der Waals surface area contributed by atoms with Crippen molar-refractivity contribution in [1.29, 1.82) is 0 Å². The molecule has 3 aromatic rings. The van der Waals surface area contributed by atoms with Gasteiger partial charge in [0.25, 0.3) is 5.91 Å². The van der Waals surface area contributed by atoms with Crippen LogP contribution in [0.2, 0.25) is 0 Å². The highest BCUT2D eigenvalue weighted by atomic mass is 16.7. The zero-order chi connectivity index (χ0) is 23.2. The van der Waals surface area contributed by atoms with Crippen LogP contribution in [0, 0.1) is 0 Å². The van der Waals surface area contributed by atoms with Crippen LogP contribution in [-0.2, 0) is 22.6 Å². The van der Waals surface area contributed by atoms with Crippen LogP contribution >= 0.6 is 0 Å². The molecule has 3 aliphatic rings. The Morgan fingerprint density at radius 3 is 2.88 bits per heavy atom. The number of H-pyrrole nitrogens is 1. The molecule has 1 saturated heterocycles.